The quantitative estimate of drug-likeness (QED) is 0.646. The first-order chi connectivity index (χ1) is 15.1. The van der Waals surface area contributed by atoms with Crippen LogP contribution >= 0.6 is 0 Å². The van der Waals surface area contributed by atoms with Gasteiger partial charge in [-0.2, -0.15) is 13.2 Å². The van der Waals surface area contributed by atoms with Crippen molar-refractivity contribution in [1.29, 1.82) is 0 Å². The fraction of sp³-hybridized carbons (Fsp3) is 0.273. The lowest BCUT2D eigenvalue weighted by Crippen LogP contribution is -2.39. The molecule has 3 aromatic rings. The van der Waals surface area contributed by atoms with Gasteiger partial charge in [0.05, 0.1) is 18.4 Å². The number of hydrogen-bond acceptors (Lipinski definition) is 4. The highest BCUT2D eigenvalue weighted by Crippen LogP contribution is 2.25. The third-order valence-electron chi connectivity index (χ3n) is 4.82. The van der Waals surface area contributed by atoms with Crippen molar-refractivity contribution in [2.24, 2.45) is 0 Å². The highest BCUT2D eigenvalue weighted by molar-refractivity contribution is 5.92. The van der Waals surface area contributed by atoms with Crippen LogP contribution in [-0.2, 0) is 17.9 Å². The molecule has 0 bridgehead atoms. The van der Waals surface area contributed by atoms with Crippen LogP contribution in [0.5, 0.6) is 0 Å². The molecule has 0 unspecified atom stereocenters. The van der Waals surface area contributed by atoms with Gasteiger partial charge < -0.3 is 14.6 Å². The van der Waals surface area contributed by atoms with E-state index in [1.54, 1.807) is 6.07 Å². The molecule has 1 aliphatic rings. The number of aryl methyl sites for hydroxylation is 2. The van der Waals surface area contributed by atoms with Crippen LogP contribution in [0.25, 0.3) is 11.3 Å². The Morgan fingerprint density at radius 3 is 2.38 bits per heavy atom. The number of nitrogens with zero attached hydrogens (tertiary/aromatic N) is 4. The number of carboxylic acid groups (broad SMARTS) is 1. The van der Waals surface area contributed by atoms with E-state index in [2.05, 4.69) is 45.7 Å². The van der Waals surface area contributed by atoms with Gasteiger partial charge in [-0.15, -0.1) is 0 Å². The highest BCUT2D eigenvalue weighted by Gasteiger charge is 2.38. The number of imidazole rings is 1. The smallest absolute Gasteiger partial charge is 0.475 e. The lowest BCUT2D eigenvalue weighted by molar-refractivity contribution is -0.192. The summed E-state index contributed by atoms with van der Waals surface area (Å²) in [6.45, 7) is 5.91. The molecule has 1 N–H and O–H groups in total. The average molecular weight is 446 g/mol. The Bertz CT molecular complexity index is 1140. The molecule has 3 heterocycles. The van der Waals surface area contributed by atoms with Crippen molar-refractivity contribution in [1.82, 2.24) is 19.4 Å². The summed E-state index contributed by atoms with van der Waals surface area (Å²) < 4.78 is 33.9. The van der Waals surface area contributed by atoms with E-state index >= 15 is 0 Å². The minimum atomic E-state index is -5.08. The van der Waals surface area contributed by atoms with E-state index in [0.717, 1.165) is 23.8 Å². The van der Waals surface area contributed by atoms with Crippen LogP contribution in [-0.4, -0.2) is 49.1 Å². The molecule has 1 amide bonds. The molecular weight excluding hydrogens is 425 g/mol. The summed E-state index contributed by atoms with van der Waals surface area (Å²) in [5, 5.41) is 7.12. The number of rotatable bonds is 2. The summed E-state index contributed by atoms with van der Waals surface area (Å²) in [7, 11) is 0. The Morgan fingerprint density at radius 1 is 1.06 bits per heavy atom. The Morgan fingerprint density at radius 2 is 1.75 bits per heavy atom. The number of hydrogen-bond donors (Lipinski definition) is 1. The van der Waals surface area contributed by atoms with Crippen LogP contribution < -0.4 is 0 Å². The van der Waals surface area contributed by atoms with E-state index in [1.165, 1.54) is 11.1 Å². The summed E-state index contributed by atoms with van der Waals surface area (Å²) in [5.41, 5.74) is 4.86. The van der Waals surface area contributed by atoms with Gasteiger partial charge in [0.2, 0.25) is 0 Å². The summed E-state index contributed by atoms with van der Waals surface area (Å²) in [4.78, 5) is 32.3. The maximum atomic E-state index is 12.7. The van der Waals surface area contributed by atoms with Gasteiger partial charge in [0, 0.05) is 24.3 Å². The predicted octanol–water partition coefficient (Wildman–Crippen LogP) is 3.85. The number of pyridine rings is 1. The molecule has 10 heteroatoms. The van der Waals surface area contributed by atoms with Gasteiger partial charge in [-0.1, -0.05) is 29.8 Å². The van der Waals surface area contributed by atoms with E-state index < -0.39 is 12.1 Å². The standard InChI is InChI=1S/C20H20N4O.C2HF3O2/c1-14-5-3-7-16(11-14)18-12-21-19-13-23(9-10-24(18)19)20(25)17-8-4-6-15(2)22-17;3-2(4,5)1(6)7/h3-8,11-12H,9-10,13H2,1-2H3;(H,6,7). The van der Waals surface area contributed by atoms with Crippen LogP contribution in [0.4, 0.5) is 13.2 Å². The van der Waals surface area contributed by atoms with Crippen LogP contribution in [0.1, 0.15) is 27.6 Å². The SMILES string of the molecule is Cc1cccc(-c2cnc3n2CCN(C(=O)c2cccc(C)n2)C3)c1.O=C(O)C(F)(F)F. The van der Waals surface area contributed by atoms with Gasteiger partial charge in [-0.3, -0.25) is 4.79 Å². The lowest BCUT2D eigenvalue weighted by Gasteiger charge is -2.28. The Hall–Kier alpha value is -3.69. The van der Waals surface area contributed by atoms with Crippen LogP contribution in [0, 0.1) is 13.8 Å². The van der Waals surface area contributed by atoms with Crippen molar-refractivity contribution in [2.75, 3.05) is 6.54 Å². The second-order valence-electron chi connectivity index (χ2n) is 7.27. The molecule has 0 fully saturated rings. The molecule has 0 saturated heterocycles. The lowest BCUT2D eigenvalue weighted by atomic mass is 10.1. The fourth-order valence-corrected chi connectivity index (χ4v) is 3.29. The van der Waals surface area contributed by atoms with Crippen molar-refractivity contribution < 1.29 is 27.9 Å². The van der Waals surface area contributed by atoms with Crippen molar-refractivity contribution in [2.45, 2.75) is 33.1 Å². The molecule has 2 aromatic heterocycles. The number of alkyl halides is 3. The number of aromatic nitrogens is 3. The van der Waals surface area contributed by atoms with E-state index in [0.29, 0.717) is 18.8 Å². The van der Waals surface area contributed by atoms with Crippen molar-refractivity contribution in [3.63, 3.8) is 0 Å². The second-order valence-corrected chi connectivity index (χ2v) is 7.27. The number of benzene rings is 1. The third kappa shape index (κ3) is 5.32. The molecule has 32 heavy (non-hydrogen) atoms. The van der Waals surface area contributed by atoms with Crippen molar-refractivity contribution in [3.05, 3.63) is 71.4 Å². The molecule has 0 radical (unpaired) electrons. The predicted molar refractivity (Wildman–Crippen MR) is 110 cm³/mol. The zero-order valence-corrected chi connectivity index (χ0v) is 17.4. The van der Waals surface area contributed by atoms with Gasteiger partial charge in [0.25, 0.3) is 5.91 Å². The number of carbonyl (C=O) groups excluding carboxylic acids is 1. The van der Waals surface area contributed by atoms with E-state index in [4.69, 9.17) is 9.90 Å². The monoisotopic (exact) mass is 446 g/mol. The van der Waals surface area contributed by atoms with Gasteiger partial charge in [0.1, 0.15) is 11.5 Å². The maximum absolute atomic E-state index is 12.7. The summed E-state index contributed by atoms with van der Waals surface area (Å²) in [6.07, 6.45) is -3.18. The highest BCUT2D eigenvalue weighted by atomic mass is 19.4. The molecule has 0 spiro atoms. The molecular formula is C22H21F3N4O3. The first-order valence-corrected chi connectivity index (χ1v) is 9.70. The summed E-state index contributed by atoms with van der Waals surface area (Å²) in [6, 6.07) is 14.0. The number of carboxylic acids is 1. The molecule has 168 valence electrons. The third-order valence-corrected chi connectivity index (χ3v) is 4.82. The average Bonchev–Trinajstić information content (AvgIpc) is 3.16. The fourth-order valence-electron chi connectivity index (χ4n) is 3.29. The number of carbonyl (C=O) groups is 2. The van der Waals surface area contributed by atoms with Crippen LogP contribution in [0.3, 0.4) is 0 Å². The van der Waals surface area contributed by atoms with E-state index in [1.807, 2.05) is 30.2 Å². The zero-order chi connectivity index (χ0) is 23.5. The van der Waals surface area contributed by atoms with Gasteiger partial charge in [-0.05, 0) is 32.0 Å². The molecule has 7 nitrogen and oxygen atoms in total. The summed E-state index contributed by atoms with van der Waals surface area (Å²) >= 11 is 0. The van der Waals surface area contributed by atoms with Gasteiger partial charge >= 0.3 is 12.1 Å². The minimum Gasteiger partial charge on any atom is -0.475 e. The minimum absolute atomic E-state index is 0.0324. The summed E-state index contributed by atoms with van der Waals surface area (Å²) in [5.74, 6) is -1.87. The Kier molecular flexibility index (Phi) is 6.61. The zero-order valence-electron chi connectivity index (χ0n) is 17.4. The number of fused-ring (bicyclic) bond motifs is 1. The van der Waals surface area contributed by atoms with Crippen LogP contribution in [0.2, 0.25) is 0 Å². The van der Waals surface area contributed by atoms with E-state index in [-0.39, 0.29) is 5.91 Å². The Balaban J connectivity index is 0.000000360. The molecule has 0 atom stereocenters. The van der Waals surface area contributed by atoms with E-state index in [9.17, 15) is 18.0 Å². The van der Waals surface area contributed by atoms with Crippen LogP contribution in [0.15, 0.2) is 48.7 Å². The molecule has 4 rings (SSSR count). The molecule has 0 saturated carbocycles. The molecule has 1 aromatic carbocycles. The molecule has 0 aliphatic carbocycles. The van der Waals surface area contributed by atoms with Crippen molar-refractivity contribution in [3.8, 4) is 11.3 Å². The Labute approximate surface area is 182 Å². The first-order valence-electron chi connectivity index (χ1n) is 9.70. The number of aliphatic carboxylic acids is 1. The van der Waals surface area contributed by atoms with Crippen molar-refractivity contribution >= 4 is 11.9 Å². The normalized spacial score (nSPS) is 13.1. The van der Waals surface area contributed by atoms with Gasteiger partial charge in [-0.25, -0.2) is 14.8 Å². The number of amides is 1. The second kappa shape index (κ2) is 9.21. The topological polar surface area (TPSA) is 88.3 Å². The molecule has 1 aliphatic heterocycles. The maximum Gasteiger partial charge on any atom is 0.490 e. The number of halogens is 3. The largest absolute Gasteiger partial charge is 0.490 e. The first kappa shape index (κ1) is 23.0. The van der Waals surface area contributed by atoms with Gasteiger partial charge in [0.15, 0.2) is 0 Å².